The molecule has 148 valence electrons. The summed E-state index contributed by atoms with van der Waals surface area (Å²) >= 11 is 0. The molecular weight excluding hydrogens is 349 g/mol. The number of alkyl halides is 1. The van der Waals surface area contributed by atoms with Crippen LogP contribution in [0.5, 0.6) is 0 Å². The molecule has 1 unspecified atom stereocenters. The van der Waals surface area contributed by atoms with Gasteiger partial charge in [-0.25, -0.2) is 4.79 Å². The molecule has 0 aliphatic heterocycles. The van der Waals surface area contributed by atoms with Crippen LogP contribution < -0.4 is 5.32 Å². The van der Waals surface area contributed by atoms with E-state index in [0.717, 1.165) is 18.4 Å². The number of nitrogens with one attached hydrogen (secondary N) is 1. The van der Waals surface area contributed by atoms with Gasteiger partial charge < -0.3 is 10.4 Å². The van der Waals surface area contributed by atoms with E-state index >= 15 is 0 Å². The normalized spacial score (nSPS) is 14.1. The van der Waals surface area contributed by atoms with Crippen LogP contribution in [0, 0.1) is 5.41 Å². The quantitative estimate of drug-likeness (QED) is 0.686. The molecule has 1 aromatic heterocycles. The largest absolute Gasteiger partial charge is 0.479 e. The minimum Gasteiger partial charge on any atom is -0.479 e. The summed E-state index contributed by atoms with van der Waals surface area (Å²) in [6.07, 6.45) is 2.01. The van der Waals surface area contributed by atoms with Crippen LogP contribution in [0.1, 0.15) is 57.4 Å². The van der Waals surface area contributed by atoms with E-state index in [2.05, 4.69) is 10.4 Å². The van der Waals surface area contributed by atoms with Crippen molar-refractivity contribution in [3.63, 3.8) is 0 Å². The smallest absolute Gasteiger partial charge is 0.329 e. The zero-order valence-electron chi connectivity index (χ0n) is 16.4. The maximum Gasteiger partial charge on any atom is 0.329 e. The molecule has 0 spiro atoms. The number of nitrogens with zero attached hydrogens (tertiary/aromatic N) is 2. The lowest BCUT2D eigenvalue weighted by atomic mass is 9.74. The molecule has 0 saturated heterocycles. The number of aliphatic carboxylic acids is 1. The first kappa shape index (κ1) is 20.9. The molecule has 27 heavy (non-hydrogen) atoms. The van der Waals surface area contributed by atoms with E-state index in [9.17, 15) is 19.1 Å². The number of benzene rings is 1. The van der Waals surface area contributed by atoms with Gasteiger partial charge in [-0.3, -0.25) is 13.9 Å². The van der Waals surface area contributed by atoms with Gasteiger partial charge in [0.15, 0.2) is 5.69 Å². The zero-order chi connectivity index (χ0) is 20.2. The Morgan fingerprint density at radius 3 is 2.41 bits per heavy atom. The fourth-order valence-corrected chi connectivity index (χ4v) is 2.85. The molecule has 7 heteroatoms. The Morgan fingerprint density at radius 2 is 1.81 bits per heavy atom. The molecule has 0 bridgehead atoms. The molecule has 1 atom stereocenters. The summed E-state index contributed by atoms with van der Waals surface area (Å²) in [5.41, 5.74) is -1.14. The Bertz CT molecular complexity index is 825. The molecule has 0 aliphatic carbocycles. The second kappa shape index (κ2) is 8.06. The van der Waals surface area contributed by atoms with Crippen LogP contribution >= 0.6 is 0 Å². The summed E-state index contributed by atoms with van der Waals surface area (Å²) in [5, 5.41) is 17.4. The van der Waals surface area contributed by atoms with Crippen molar-refractivity contribution < 1.29 is 19.1 Å². The third kappa shape index (κ3) is 4.28. The number of halogens is 1. The van der Waals surface area contributed by atoms with Crippen molar-refractivity contribution in [2.24, 2.45) is 5.41 Å². The van der Waals surface area contributed by atoms with Gasteiger partial charge in [-0.15, -0.1) is 0 Å². The molecular formula is C20H28FN3O3. The van der Waals surface area contributed by atoms with Crippen LogP contribution in [-0.2, 0) is 11.3 Å². The number of para-hydroxylation sites is 1. The van der Waals surface area contributed by atoms with Crippen LogP contribution in [-0.4, -0.2) is 39.0 Å². The Balaban J connectivity index is 2.34. The summed E-state index contributed by atoms with van der Waals surface area (Å²) in [4.78, 5) is 24.8. The number of amides is 1. The maximum atomic E-state index is 12.9. The first-order valence-corrected chi connectivity index (χ1v) is 9.19. The third-order valence-electron chi connectivity index (χ3n) is 5.17. The monoisotopic (exact) mass is 377 g/mol. The number of carboxylic acids is 1. The molecule has 0 fully saturated rings. The molecule has 0 radical (unpaired) electrons. The van der Waals surface area contributed by atoms with Crippen LogP contribution in [0.15, 0.2) is 24.3 Å². The minimum atomic E-state index is -1.45. The number of hydrogen-bond donors (Lipinski definition) is 2. The lowest BCUT2D eigenvalue weighted by Crippen LogP contribution is -2.60. The van der Waals surface area contributed by atoms with Crippen molar-refractivity contribution in [2.45, 2.75) is 59.0 Å². The number of rotatable bonds is 8. The Morgan fingerprint density at radius 1 is 1.15 bits per heavy atom. The number of carbonyl (C=O) groups excluding carboxylic acids is 1. The average Bonchev–Trinajstić information content (AvgIpc) is 2.96. The van der Waals surface area contributed by atoms with Gasteiger partial charge in [0.1, 0.15) is 5.54 Å². The van der Waals surface area contributed by atoms with E-state index in [1.165, 1.54) is 6.92 Å². The number of unbranched alkanes of at least 4 members (excludes halogenated alkanes) is 2. The van der Waals surface area contributed by atoms with Gasteiger partial charge in [0.2, 0.25) is 0 Å². The topological polar surface area (TPSA) is 84.2 Å². The second-order valence-corrected chi connectivity index (χ2v) is 7.97. The molecule has 2 aromatic rings. The van der Waals surface area contributed by atoms with Gasteiger partial charge in [-0.2, -0.15) is 5.10 Å². The number of carboxylic acid groups (broad SMARTS) is 1. The average molecular weight is 377 g/mol. The van der Waals surface area contributed by atoms with E-state index in [1.54, 1.807) is 31.5 Å². The first-order valence-electron chi connectivity index (χ1n) is 9.19. The van der Waals surface area contributed by atoms with Crippen LogP contribution in [0.4, 0.5) is 4.39 Å². The molecule has 2 N–H and O–H groups in total. The highest BCUT2D eigenvalue weighted by atomic mass is 19.1. The predicted molar refractivity (Wildman–Crippen MR) is 103 cm³/mol. The summed E-state index contributed by atoms with van der Waals surface area (Å²) < 4.78 is 14.0. The number of carbonyl (C=O) groups is 2. The molecule has 0 saturated carbocycles. The van der Waals surface area contributed by atoms with Crippen LogP contribution in [0.25, 0.3) is 10.9 Å². The Hall–Kier alpha value is -2.44. The van der Waals surface area contributed by atoms with E-state index in [4.69, 9.17) is 0 Å². The maximum absolute atomic E-state index is 12.9. The molecule has 2 rings (SSSR count). The van der Waals surface area contributed by atoms with Gasteiger partial charge in [0.25, 0.3) is 5.91 Å². The fraction of sp³-hybridized carbons (Fsp3) is 0.550. The highest BCUT2D eigenvalue weighted by Crippen LogP contribution is 2.31. The number of fused-ring (bicyclic) bond motifs is 1. The van der Waals surface area contributed by atoms with Crippen molar-refractivity contribution >= 4 is 22.8 Å². The molecule has 1 amide bonds. The molecule has 0 aliphatic rings. The lowest BCUT2D eigenvalue weighted by molar-refractivity contribution is -0.148. The van der Waals surface area contributed by atoms with Gasteiger partial charge in [-0.1, -0.05) is 39.0 Å². The summed E-state index contributed by atoms with van der Waals surface area (Å²) in [5.74, 6) is -1.62. The second-order valence-electron chi connectivity index (χ2n) is 7.97. The standard InChI is InChI=1S/C20H28FN3O3/c1-19(2,3)20(4,18(26)27)22-17(25)16-14-10-6-7-11-15(14)24(23-16)13-9-5-8-12-21/h6-7,10-11H,5,8-9,12-13H2,1-4H3,(H,22,25)(H,26,27). The number of aromatic nitrogens is 2. The van der Waals surface area contributed by atoms with Gasteiger partial charge in [-0.05, 0) is 37.7 Å². The Kier molecular flexibility index (Phi) is 6.23. The zero-order valence-corrected chi connectivity index (χ0v) is 16.4. The van der Waals surface area contributed by atoms with Crippen molar-refractivity contribution in [3.05, 3.63) is 30.0 Å². The van der Waals surface area contributed by atoms with Crippen molar-refractivity contribution in [3.8, 4) is 0 Å². The minimum absolute atomic E-state index is 0.202. The van der Waals surface area contributed by atoms with E-state index in [1.807, 2.05) is 18.2 Å². The Labute approximate surface area is 158 Å². The van der Waals surface area contributed by atoms with Crippen molar-refractivity contribution in [1.29, 1.82) is 0 Å². The highest BCUT2D eigenvalue weighted by Gasteiger charge is 2.46. The van der Waals surface area contributed by atoms with Crippen LogP contribution in [0.2, 0.25) is 0 Å². The van der Waals surface area contributed by atoms with E-state index in [0.29, 0.717) is 18.4 Å². The van der Waals surface area contributed by atoms with E-state index < -0.39 is 22.8 Å². The highest BCUT2D eigenvalue weighted by molar-refractivity contribution is 6.06. The summed E-state index contributed by atoms with van der Waals surface area (Å²) in [6, 6.07) is 7.34. The van der Waals surface area contributed by atoms with Gasteiger partial charge in [0, 0.05) is 11.9 Å². The molecule has 1 aromatic carbocycles. The summed E-state index contributed by atoms with van der Waals surface area (Å²) in [7, 11) is 0. The number of aryl methyl sites for hydroxylation is 1. The van der Waals surface area contributed by atoms with Crippen molar-refractivity contribution in [1.82, 2.24) is 15.1 Å². The van der Waals surface area contributed by atoms with Crippen LogP contribution in [0.3, 0.4) is 0 Å². The molecule has 6 nitrogen and oxygen atoms in total. The molecule has 1 heterocycles. The SMILES string of the molecule is CC(C)(C)C(C)(NC(=O)c1nn(CCCCCF)c2ccccc12)C(=O)O. The van der Waals surface area contributed by atoms with E-state index in [-0.39, 0.29) is 12.4 Å². The van der Waals surface area contributed by atoms with Gasteiger partial charge in [0.05, 0.1) is 12.2 Å². The predicted octanol–water partition coefficient (Wildman–Crippen LogP) is 3.80. The van der Waals surface area contributed by atoms with Crippen molar-refractivity contribution in [2.75, 3.05) is 6.67 Å². The third-order valence-corrected chi connectivity index (χ3v) is 5.17. The first-order chi connectivity index (χ1) is 12.6. The summed E-state index contributed by atoms with van der Waals surface area (Å²) in [6.45, 7) is 7.04. The number of hydrogen-bond acceptors (Lipinski definition) is 3. The lowest BCUT2D eigenvalue weighted by Gasteiger charge is -2.38. The van der Waals surface area contributed by atoms with Gasteiger partial charge >= 0.3 is 5.97 Å². The fourth-order valence-electron chi connectivity index (χ4n) is 2.85.